The average molecular weight is 212 g/mol. The first-order chi connectivity index (χ1) is 7.24. The Morgan fingerprint density at radius 2 is 2.13 bits per heavy atom. The van der Waals surface area contributed by atoms with Crippen LogP contribution in [0.5, 0.6) is 0 Å². The Labute approximate surface area is 92.7 Å². The fraction of sp³-hybridized carbons (Fsp3) is 1.00. The zero-order chi connectivity index (χ0) is 10.7. The van der Waals surface area contributed by atoms with Crippen molar-refractivity contribution in [1.29, 1.82) is 0 Å². The van der Waals surface area contributed by atoms with Crippen LogP contribution in [0.4, 0.5) is 0 Å². The van der Waals surface area contributed by atoms with Crippen molar-refractivity contribution < 1.29 is 4.74 Å². The van der Waals surface area contributed by atoms with Gasteiger partial charge in [0, 0.05) is 6.61 Å². The van der Waals surface area contributed by atoms with Gasteiger partial charge in [-0.3, -0.25) is 11.3 Å². The molecule has 0 bridgehead atoms. The third kappa shape index (κ3) is 2.52. The van der Waals surface area contributed by atoms with E-state index >= 15 is 0 Å². The van der Waals surface area contributed by atoms with E-state index in [1.165, 1.54) is 38.5 Å². The summed E-state index contributed by atoms with van der Waals surface area (Å²) in [5.74, 6) is 6.55. The molecule has 2 atom stereocenters. The van der Waals surface area contributed by atoms with Gasteiger partial charge in [0.1, 0.15) is 0 Å². The molecule has 0 amide bonds. The van der Waals surface area contributed by atoms with Crippen LogP contribution in [0.15, 0.2) is 0 Å². The molecule has 1 saturated heterocycles. The number of hydrazine groups is 1. The first-order valence-corrected chi connectivity index (χ1v) is 6.35. The molecule has 88 valence electrons. The second kappa shape index (κ2) is 4.81. The van der Waals surface area contributed by atoms with Gasteiger partial charge in [-0.25, -0.2) is 0 Å². The standard InChI is InChI=1S/C12H24N2O/c1-12(7-4-8-15-12)11(14-13)9-10-5-2-3-6-10/h10-11,14H,2-9,13H2,1H3. The van der Waals surface area contributed by atoms with Crippen molar-refractivity contribution in [3.8, 4) is 0 Å². The molecule has 2 unspecified atom stereocenters. The second-order valence-corrected chi connectivity index (χ2v) is 5.37. The molecule has 0 aromatic heterocycles. The third-order valence-electron chi connectivity index (χ3n) is 4.23. The third-order valence-corrected chi connectivity index (χ3v) is 4.23. The summed E-state index contributed by atoms with van der Waals surface area (Å²) in [5.41, 5.74) is 2.97. The highest BCUT2D eigenvalue weighted by Gasteiger charge is 2.39. The second-order valence-electron chi connectivity index (χ2n) is 5.37. The van der Waals surface area contributed by atoms with E-state index in [-0.39, 0.29) is 5.60 Å². The Hall–Kier alpha value is -0.120. The largest absolute Gasteiger partial charge is 0.374 e. The predicted octanol–water partition coefficient (Wildman–Crippen LogP) is 1.97. The molecule has 3 heteroatoms. The summed E-state index contributed by atoms with van der Waals surface area (Å²) in [5, 5.41) is 0. The van der Waals surface area contributed by atoms with Gasteiger partial charge in [-0.15, -0.1) is 0 Å². The highest BCUT2D eigenvalue weighted by Crippen LogP contribution is 2.35. The summed E-state index contributed by atoms with van der Waals surface area (Å²) >= 11 is 0. The van der Waals surface area contributed by atoms with Crippen molar-refractivity contribution in [3.05, 3.63) is 0 Å². The minimum absolute atomic E-state index is 0.0165. The van der Waals surface area contributed by atoms with Gasteiger partial charge in [0.05, 0.1) is 11.6 Å². The van der Waals surface area contributed by atoms with E-state index in [9.17, 15) is 0 Å². The highest BCUT2D eigenvalue weighted by atomic mass is 16.5. The van der Waals surface area contributed by atoms with Gasteiger partial charge >= 0.3 is 0 Å². The molecule has 2 fully saturated rings. The SMILES string of the molecule is CC1(C(CC2CCCC2)NN)CCCO1. The molecule has 3 nitrogen and oxygen atoms in total. The van der Waals surface area contributed by atoms with Crippen LogP contribution >= 0.6 is 0 Å². The number of nitrogens with two attached hydrogens (primary N) is 1. The number of hydrogen-bond acceptors (Lipinski definition) is 3. The molecule has 0 spiro atoms. The van der Waals surface area contributed by atoms with Crippen LogP contribution in [0.2, 0.25) is 0 Å². The van der Waals surface area contributed by atoms with Crippen molar-refractivity contribution in [1.82, 2.24) is 5.43 Å². The molecule has 3 N–H and O–H groups in total. The monoisotopic (exact) mass is 212 g/mol. The lowest BCUT2D eigenvalue weighted by atomic mass is 9.86. The molecule has 1 aliphatic heterocycles. The lowest BCUT2D eigenvalue weighted by molar-refractivity contribution is -0.0179. The van der Waals surface area contributed by atoms with E-state index < -0.39 is 0 Å². The van der Waals surface area contributed by atoms with E-state index in [4.69, 9.17) is 10.6 Å². The lowest BCUT2D eigenvalue weighted by Gasteiger charge is -2.34. The molecule has 1 saturated carbocycles. The maximum Gasteiger partial charge on any atom is 0.0821 e. The number of ether oxygens (including phenoxy) is 1. The molecule has 15 heavy (non-hydrogen) atoms. The Morgan fingerprint density at radius 1 is 1.40 bits per heavy atom. The van der Waals surface area contributed by atoms with E-state index in [1.807, 2.05) is 0 Å². The molecule has 1 aliphatic carbocycles. The zero-order valence-electron chi connectivity index (χ0n) is 9.80. The summed E-state index contributed by atoms with van der Waals surface area (Å²) in [6.07, 6.45) is 9.09. The predicted molar refractivity (Wildman–Crippen MR) is 61.3 cm³/mol. The first-order valence-electron chi connectivity index (χ1n) is 6.35. The van der Waals surface area contributed by atoms with E-state index in [1.54, 1.807) is 0 Å². The zero-order valence-corrected chi connectivity index (χ0v) is 9.80. The van der Waals surface area contributed by atoms with Gasteiger partial charge in [-0.05, 0) is 32.1 Å². The minimum Gasteiger partial charge on any atom is -0.374 e. The van der Waals surface area contributed by atoms with Gasteiger partial charge < -0.3 is 4.74 Å². The maximum absolute atomic E-state index is 5.86. The minimum atomic E-state index is -0.0165. The van der Waals surface area contributed by atoms with E-state index in [0.717, 1.165) is 18.9 Å². The maximum atomic E-state index is 5.86. The number of nitrogens with one attached hydrogen (secondary N) is 1. The number of hydrogen-bond donors (Lipinski definition) is 2. The Balaban J connectivity index is 1.90. The van der Waals surface area contributed by atoms with Gasteiger partial charge in [0.25, 0.3) is 0 Å². The quantitative estimate of drug-likeness (QED) is 0.553. The van der Waals surface area contributed by atoms with E-state index in [0.29, 0.717) is 6.04 Å². The van der Waals surface area contributed by atoms with Crippen LogP contribution in [0.25, 0.3) is 0 Å². The Bertz CT molecular complexity index is 196. The molecule has 0 radical (unpaired) electrons. The smallest absolute Gasteiger partial charge is 0.0821 e. The van der Waals surface area contributed by atoms with Crippen molar-refractivity contribution >= 4 is 0 Å². The van der Waals surface area contributed by atoms with Crippen LogP contribution in [-0.2, 0) is 4.74 Å². The van der Waals surface area contributed by atoms with Crippen LogP contribution in [0, 0.1) is 5.92 Å². The van der Waals surface area contributed by atoms with E-state index in [2.05, 4.69) is 12.3 Å². The Kier molecular flexibility index (Phi) is 3.65. The molecule has 2 rings (SSSR count). The normalized spacial score (nSPS) is 34.8. The molecular formula is C12H24N2O. The summed E-state index contributed by atoms with van der Waals surface area (Å²) < 4.78 is 5.86. The summed E-state index contributed by atoms with van der Waals surface area (Å²) in [7, 11) is 0. The fourth-order valence-electron chi connectivity index (χ4n) is 3.15. The average Bonchev–Trinajstić information content (AvgIpc) is 2.85. The number of rotatable bonds is 4. The molecule has 0 aromatic carbocycles. The van der Waals surface area contributed by atoms with Crippen molar-refractivity contribution in [2.24, 2.45) is 11.8 Å². The van der Waals surface area contributed by atoms with Crippen molar-refractivity contribution in [3.63, 3.8) is 0 Å². The topological polar surface area (TPSA) is 47.3 Å². The first kappa shape index (κ1) is 11.4. The fourth-order valence-corrected chi connectivity index (χ4v) is 3.15. The van der Waals surface area contributed by atoms with Crippen molar-refractivity contribution in [2.45, 2.75) is 63.5 Å². The highest BCUT2D eigenvalue weighted by molar-refractivity contribution is 4.93. The molecular weight excluding hydrogens is 188 g/mol. The summed E-state index contributed by atoms with van der Waals surface area (Å²) in [6.45, 7) is 3.11. The van der Waals surface area contributed by atoms with Crippen LogP contribution < -0.4 is 11.3 Å². The van der Waals surface area contributed by atoms with Gasteiger partial charge in [0.2, 0.25) is 0 Å². The molecule has 1 heterocycles. The molecule has 0 aromatic rings. The van der Waals surface area contributed by atoms with Crippen LogP contribution in [0.3, 0.4) is 0 Å². The summed E-state index contributed by atoms with van der Waals surface area (Å²) in [4.78, 5) is 0. The Morgan fingerprint density at radius 3 is 2.67 bits per heavy atom. The van der Waals surface area contributed by atoms with Gasteiger partial charge in [-0.2, -0.15) is 0 Å². The summed E-state index contributed by atoms with van der Waals surface area (Å²) in [6, 6.07) is 0.336. The van der Waals surface area contributed by atoms with Gasteiger partial charge in [-0.1, -0.05) is 25.7 Å². The lowest BCUT2D eigenvalue weighted by Crippen LogP contribution is -2.52. The van der Waals surface area contributed by atoms with Crippen LogP contribution in [-0.4, -0.2) is 18.2 Å². The van der Waals surface area contributed by atoms with Crippen LogP contribution in [0.1, 0.15) is 51.9 Å². The molecule has 2 aliphatic rings. The van der Waals surface area contributed by atoms with Gasteiger partial charge in [0.15, 0.2) is 0 Å². The van der Waals surface area contributed by atoms with Crippen molar-refractivity contribution in [2.75, 3.05) is 6.61 Å².